The molecule has 0 radical (unpaired) electrons. The molecule has 6 heteroatoms. The minimum Gasteiger partial charge on any atom is -0.465 e. The average Bonchev–Trinajstić information content (AvgIpc) is 2.46. The number of halogens is 1. The summed E-state index contributed by atoms with van der Waals surface area (Å²) < 4.78 is 4.70. The van der Waals surface area contributed by atoms with Crippen LogP contribution in [0.25, 0.3) is 0 Å². The highest BCUT2D eigenvalue weighted by Crippen LogP contribution is 2.17. The molecule has 0 saturated heterocycles. The first-order valence-electron chi connectivity index (χ1n) is 5.58. The van der Waals surface area contributed by atoms with E-state index in [0.29, 0.717) is 22.9 Å². The molecule has 0 aliphatic carbocycles. The Morgan fingerprint density at radius 1 is 1.42 bits per heavy atom. The largest absolute Gasteiger partial charge is 0.465 e. The summed E-state index contributed by atoms with van der Waals surface area (Å²) in [6.45, 7) is 0.447. The topological polar surface area (TPSA) is 64.1 Å². The van der Waals surface area contributed by atoms with Crippen molar-refractivity contribution in [3.05, 3.63) is 52.9 Å². The number of rotatable bonds is 4. The number of methoxy groups -OCH3 is 1. The third-order valence-corrected chi connectivity index (χ3v) is 2.86. The molecular weight excluding hydrogens is 266 g/mol. The number of carbonyl (C=O) groups is 1. The van der Waals surface area contributed by atoms with Gasteiger partial charge in [-0.25, -0.2) is 9.78 Å². The molecular formula is C13H12ClN3O2. The molecule has 2 heterocycles. The first-order chi connectivity index (χ1) is 9.22. The summed E-state index contributed by atoms with van der Waals surface area (Å²) in [6.07, 6.45) is 4.82. The van der Waals surface area contributed by atoms with Gasteiger partial charge in [0.25, 0.3) is 0 Å². The second-order valence-corrected chi connectivity index (χ2v) is 4.12. The smallest absolute Gasteiger partial charge is 0.341 e. The van der Waals surface area contributed by atoms with E-state index in [2.05, 4.69) is 15.3 Å². The molecule has 2 aromatic heterocycles. The lowest BCUT2D eigenvalue weighted by Gasteiger charge is -2.10. The van der Waals surface area contributed by atoms with Gasteiger partial charge in [-0.1, -0.05) is 11.6 Å². The Kier molecular flexibility index (Phi) is 4.30. The Morgan fingerprint density at radius 3 is 3.00 bits per heavy atom. The van der Waals surface area contributed by atoms with Crippen molar-refractivity contribution in [3.63, 3.8) is 0 Å². The number of aromatic nitrogens is 2. The van der Waals surface area contributed by atoms with E-state index in [9.17, 15) is 4.79 Å². The van der Waals surface area contributed by atoms with Crippen molar-refractivity contribution in [2.24, 2.45) is 0 Å². The van der Waals surface area contributed by atoms with E-state index in [1.807, 2.05) is 0 Å². The quantitative estimate of drug-likeness (QED) is 0.870. The van der Waals surface area contributed by atoms with Crippen molar-refractivity contribution in [1.29, 1.82) is 0 Å². The number of nitrogens with one attached hydrogen (secondary N) is 1. The van der Waals surface area contributed by atoms with Crippen molar-refractivity contribution < 1.29 is 9.53 Å². The molecule has 0 aromatic carbocycles. The minimum atomic E-state index is -0.434. The Hall–Kier alpha value is -2.14. The molecule has 98 valence electrons. The highest BCUT2D eigenvalue weighted by molar-refractivity contribution is 6.31. The van der Waals surface area contributed by atoms with Gasteiger partial charge in [-0.2, -0.15) is 0 Å². The van der Waals surface area contributed by atoms with Crippen molar-refractivity contribution in [1.82, 2.24) is 9.97 Å². The number of nitrogens with zero attached hydrogens (tertiary/aromatic N) is 2. The number of pyridine rings is 2. The summed E-state index contributed by atoms with van der Waals surface area (Å²) in [5.41, 5.74) is 1.26. The molecule has 0 unspecified atom stereocenters. The van der Waals surface area contributed by atoms with Crippen molar-refractivity contribution >= 4 is 23.4 Å². The highest BCUT2D eigenvalue weighted by Gasteiger charge is 2.12. The molecule has 0 aliphatic heterocycles. The lowest BCUT2D eigenvalue weighted by atomic mass is 10.2. The fourth-order valence-corrected chi connectivity index (χ4v) is 1.73. The van der Waals surface area contributed by atoms with Gasteiger partial charge in [-0.3, -0.25) is 4.98 Å². The van der Waals surface area contributed by atoms with Gasteiger partial charge in [0.1, 0.15) is 11.4 Å². The van der Waals surface area contributed by atoms with Gasteiger partial charge < -0.3 is 10.1 Å². The van der Waals surface area contributed by atoms with E-state index >= 15 is 0 Å². The van der Waals surface area contributed by atoms with Gasteiger partial charge in [0.05, 0.1) is 12.1 Å². The van der Waals surface area contributed by atoms with Gasteiger partial charge >= 0.3 is 5.97 Å². The first-order valence-corrected chi connectivity index (χ1v) is 5.95. The maximum Gasteiger partial charge on any atom is 0.341 e. The minimum absolute atomic E-state index is 0.384. The summed E-state index contributed by atoms with van der Waals surface area (Å²) in [7, 11) is 1.33. The van der Waals surface area contributed by atoms with Crippen LogP contribution >= 0.6 is 11.6 Å². The maximum atomic E-state index is 11.6. The van der Waals surface area contributed by atoms with E-state index in [-0.39, 0.29) is 0 Å². The van der Waals surface area contributed by atoms with E-state index in [4.69, 9.17) is 16.3 Å². The zero-order valence-electron chi connectivity index (χ0n) is 10.3. The SMILES string of the molecule is COC(=O)c1cccnc1NCc1ccncc1Cl. The molecule has 0 atom stereocenters. The van der Waals surface area contributed by atoms with E-state index in [1.165, 1.54) is 7.11 Å². The van der Waals surface area contributed by atoms with Crippen LogP contribution < -0.4 is 5.32 Å². The van der Waals surface area contributed by atoms with Gasteiger partial charge in [0, 0.05) is 25.1 Å². The molecule has 0 amide bonds. The van der Waals surface area contributed by atoms with Gasteiger partial charge in [-0.05, 0) is 23.8 Å². The maximum absolute atomic E-state index is 11.6. The molecule has 0 fully saturated rings. The van der Waals surface area contributed by atoms with Crippen LogP contribution in [-0.2, 0) is 11.3 Å². The highest BCUT2D eigenvalue weighted by atomic mass is 35.5. The summed E-state index contributed by atoms with van der Waals surface area (Å²) in [6, 6.07) is 5.13. The molecule has 19 heavy (non-hydrogen) atoms. The normalized spacial score (nSPS) is 10.0. The summed E-state index contributed by atoms with van der Waals surface area (Å²) in [5.74, 6) is 0.0265. The van der Waals surface area contributed by atoms with Crippen LogP contribution in [0.1, 0.15) is 15.9 Å². The van der Waals surface area contributed by atoms with Crippen LogP contribution in [0.4, 0.5) is 5.82 Å². The number of carbonyl (C=O) groups excluding carboxylic acids is 1. The fourth-order valence-electron chi connectivity index (χ4n) is 1.55. The van der Waals surface area contributed by atoms with Crippen LogP contribution in [0.2, 0.25) is 5.02 Å². The van der Waals surface area contributed by atoms with E-state index < -0.39 is 5.97 Å². The molecule has 1 N–H and O–H groups in total. The fraction of sp³-hybridized carbons (Fsp3) is 0.154. The van der Waals surface area contributed by atoms with Gasteiger partial charge in [0.15, 0.2) is 0 Å². The van der Waals surface area contributed by atoms with Crippen LogP contribution in [-0.4, -0.2) is 23.0 Å². The second-order valence-electron chi connectivity index (χ2n) is 3.71. The molecule has 0 aliphatic rings. The van der Waals surface area contributed by atoms with Crippen molar-refractivity contribution in [2.45, 2.75) is 6.54 Å². The first kappa shape index (κ1) is 13.3. The Labute approximate surface area is 115 Å². The lowest BCUT2D eigenvalue weighted by Crippen LogP contribution is -2.10. The number of anilines is 1. The summed E-state index contributed by atoms with van der Waals surface area (Å²) in [4.78, 5) is 19.6. The monoisotopic (exact) mass is 277 g/mol. The standard InChI is InChI=1S/C13H12ClN3O2/c1-19-13(18)10-3-2-5-16-12(10)17-7-9-4-6-15-8-11(9)14/h2-6,8H,7H2,1H3,(H,16,17). The van der Waals surface area contributed by atoms with Gasteiger partial charge in [-0.15, -0.1) is 0 Å². The molecule has 2 rings (SSSR count). The van der Waals surface area contributed by atoms with Gasteiger partial charge in [0.2, 0.25) is 0 Å². The lowest BCUT2D eigenvalue weighted by molar-refractivity contribution is 0.0601. The van der Waals surface area contributed by atoms with Crippen molar-refractivity contribution in [3.8, 4) is 0 Å². The Bertz CT molecular complexity index is 590. The number of hydrogen-bond donors (Lipinski definition) is 1. The van der Waals surface area contributed by atoms with Crippen LogP contribution in [0.15, 0.2) is 36.8 Å². The predicted octanol–water partition coefficient (Wildman–Crippen LogP) is 2.53. The Balaban J connectivity index is 2.16. The number of ether oxygens (including phenoxy) is 1. The number of esters is 1. The van der Waals surface area contributed by atoms with E-state index in [0.717, 1.165) is 5.56 Å². The van der Waals surface area contributed by atoms with Crippen molar-refractivity contribution in [2.75, 3.05) is 12.4 Å². The Morgan fingerprint density at radius 2 is 2.26 bits per heavy atom. The van der Waals surface area contributed by atoms with E-state index in [1.54, 1.807) is 36.8 Å². The molecule has 2 aromatic rings. The number of hydrogen-bond acceptors (Lipinski definition) is 5. The third kappa shape index (κ3) is 3.20. The van der Waals surface area contributed by atoms with Crippen LogP contribution in [0.3, 0.4) is 0 Å². The van der Waals surface area contributed by atoms with Crippen LogP contribution in [0, 0.1) is 0 Å². The zero-order valence-corrected chi connectivity index (χ0v) is 11.0. The summed E-state index contributed by atoms with van der Waals surface area (Å²) >= 11 is 6.01. The second kappa shape index (κ2) is 6.15. The van der Waals surface area contributed by atoms with Crippen LogP contribution in [0.5, 0.6) is 0 Å². The molecule has 0 spiro atoms. The molecule has 0 bridgehead atoms. The summed E-state index contributed by atoms with van der Waals surface area (Å²) in [5, 5.41) is 3.62. The molecule has 0 saturated carbocycles. The zero-order chi connectivity index (χ0) is 13.7. The average molecular weight is 278 g/mol. The predicted molar refractivity (Wildman–Crippen MR) is 72.2 cm³/mol. The third-order valence-electron chi connectivity index (χ3n) is 2.52. The molecule has 5 nitrogen and oxygen atoms in total.